The molecule has 8 nitrogen and oxygen atoms in total. The Morgan fingerprint density at radius 2 is 1.70 bits per heavy atom. The van der Waals surface area contributed by atoms with E-state index in [0.717, 1.165) is 16.7 Å². The van der Waals surface area contributed by atoms with E-state index in [-0.39, 0.29) is 36.0 Å². The van der Waals surface area contributed by atoms with E-state index in [1.807, 2.05) is 27.7 Å². The fraction of sp³-hybridized carbons (Fsp3) is 0.429. The first-order valence-corrected chi connectivity index (χ1v) is 10.3. The van der Waals surface area contributed by atoms with Crippen molar-refractivity contribution in [1.29, 1.82) is 0 Å². The van der Waals surface area contributed by atoms with Crippen LogP contribution in [0.5, 0.6) is 5.75 Å². The highest BCUT2D eigenvalue weighted by Gasteiger charge is 2.37. The van der Waals surface area contributed by atoms with Crippen molar-refractivity contribution in [3.63, 3.8) is 0 Å². The van der Waals surface area contributed by atoms with Crippen molar-refractivity contribution in [2.75, 3.05) is 20.3 Å². The number of imide groups is 1. The van der Waals surface area contributed by atoms with E-state index < -0.39 is 17.1 Å². The molecule has 0 atom stereocenters. The molecule has 1 heterocycles. The van der Waals surface area contributed by atoms with Crippen molar-refractivity contribution >= 4 is 40.9 Å². The molecule has 3 amide bonds. The summed E-state index contributed by atoms with van der Waals surface area (Å²) in [6.07, 6.45) is 1.59. The average Bonchev–Trinajstić information content (AvgIpc) is 2.94. The molecule has 0 radical (unpaired) electrons. The van der Waals surface area contributed by atoms with E-state index in [9.17, 15) is 19.2 Å². The van der Waals surface area contributed by atoms with Gasteiger partial charge in [0, 0.05) is 12.1 Å². The van der Waals surface area contributed by atoms with Gasteiger partial charge in [0.15, 0.2) is 6.61 Å². The lowest BCUT2D eigenvalue weighted by Gasteiger charge is -2.31. The number of ether oxygens (including phenoxy) is 2. The predicted octanol–water partition coefficient (Wildman–Crippen LogP) is 2.92. The maximum absolute atomic E-state index is 12.7. The summed E-state index contributed by atoms with van der Waals surface area (Å²) in [5.74, 6) is -0.776. The minimum Gasteiger partial charge on any atom is -0.482 e. The van der Waals surface area contributed by atoms with E-state index in [4.69, 9.17) is 4.74 Å². The molecule has 1 aromatic rings. The van der Waals surface area contributed by atoms with Crippen LogP contribution < -0.4 is 4.74 Å². The molecule has 0 bridgehead atoms. The topological polar surface area (TPSA) is 93.2 Å². The van der Waals surface area contributed by atoms with Crippen LogP contribution in [-0.2, 0) is 19.1 Å². The number of amides is 3. The Morgan fingerprint density at radius 3 is 2.23 bits per heavy atom. The molecular weight excluding hydrogens is 408 g/mol. The van der Waals surface area contributed by atoms with Crippen molar-refractivity contribution in [2.24, 2.45) is 0 Å². The summed E-state index contributed by atoms with van der Waals surface area (Å²) >= 11 is 0.804. The Bertz CT molecular complexity index is 840. The molecule has 0 spiro atoms. The fourth-order valence-corrected chi connectivity index (χ4v) is 3.88. The number of rotatable bonds is 8. The molecule has 0 aromatic heterocycles. The van der Waals surface area contributed by atoms with Gasteiger partial charge in [-0.15, -0.1) is 0 Å². The minimum atomic E-state index is -0.490. The van der Waals surface area contributed by atoms with Crippen molar-refractivity contribution in [2.45, 2.75) is 39.8 Å². The molecule has 1 aliphatic heterocycles. The second-order valence-electron chi connectivity index (χ2n) is 7.19. The Kier molecular flexibility index (Phi) is 8.05. The quantitative estimate of drug-likeness (QED) is 0.459. The normalized spacial score (nSPS) is 15.3. The van der Waals surface area contributed by atoms with Crippen LogP contribution in [0.2, 0.25) is 0 Å². The van der Waals surface area contributed by atoms with Crippen LogP contribution in [0.3, 0.4) is 0 Å². The molecule has 0 saturated carbocycles. The lowest BCUT2D eigenvalue weighted by atomic mass is 10.2. The molecule has 9 heteroatoms. The van der Waals surface area contributed by atoms with Crippen LogP contribution in [0.15, 0.2) is 29.2 Å². The first-order chi connectivity index (χ1) is 14.1. The molecule has 1 saturated heterocycles. The zero-order chi connectivity index (χ0) is 22.4. The number of carbonyl (C=O) groups is 4. The SMILES string of the molecule is COC(=O)COc1ccc(/C=C2\SC(=O)N(CC(=O)N(C(C)C)C(C)C)C2=O)cc1. The minimum absolute atomic E-state index is 0.0344. The number of carbonyl (C=O) groups excluding carboxylic acids is 4. The summed E-state index contributed by atoms with van der Waals surface area (Å²) in [4.78, 5) is 51.6. The number of nitrogens with zero attached hydrogens (tertiary/aromatic N) is 2. The maximum Gasteiger partial charge on any atom is 0.343 e. The zero-order valence-electron chi connectivity index (χ0n) is 17.7. The second-order valence-corrected chi connectivity index (χ2v) is 8.18. The smallest absolute Gasteiger partial charge is 0.343 e. The summed E-state index contributed by atoms with van der Waals surface area (Å²) in [6, 6.07) is 6.62. The van der Waals surface area contributed by atoms with Gasteiger partial charge in [0.1, 0.15) is 12.3 Å². The third kappa shape index (κ3) is 5.85. The number of hydrogen-bond donors (Lipinski definition) is 0. The summed E-state index contributed by atoms with van der Waals surface area (Å²) in [6.45, 7) is 7.09. The van der Waals surface area contributed by atoms with Crippen LogP contribution in [0.25, 0.3) is 6.08 Å². The van der Waals surface area contributed by atoms with Crippen LogP contribution in [-0.4, -0.2) is 65.2 Å². The van der Waals surface area contributed by atoms with E-state index in [1.165, 1.54) is 7.11 Å². The third-order valence-electron chi connectivity index (χ3n) is 4.33. The monoisotopic (exact) mass is 434 g/mol. The van der Waals surface area contributed by atoms with Gasteiger partial charge >= 0.3 is 5.97 Å². The molecule has 0 N–H and O–H groups in total. The van der Waals surface area contributed by atoms with Crippen LogP contribution in [0.4, 0.5) is 4.79 Å². The molecule has 0 aliphatic carbocycles. The second kappa shape index (κ2) is 10.3. The first-order valence-electron chi connectivity index (χ1n) is 9.50. The van der Waals surface area contributed by atoms with Crippen molar-refractivity contribution < 1.29 is 28.7 Å². The largest absolute Gasteiger partial charge is 0.482 e. The van der Waals surface area contributed by atoms with Gasteiger partial charge in [-0.1, -0.05) is 12.1 Å². The van der Waals surface area contributed by atoms with Crippen molar-refractivity contribution in [3.8, 4) is 5.75 Å². The molecule has 1 aromatic carbocycles. The Hall–Kier alpha value is -2.81. The van der Waals surface area contributed by atoms with E-state index in [2.05, 4.69) is 4.74 Å². The van der Waals surface area contributed by atoms with E-state index in [1.54, 1.807) is 35.2 Å². The Morgan fingerprint density at radius 1 is 1.10 bits per heavy atom. The predicted molar refractivity (Wildman–Crippen MR) is 114 cm³/mol. The summed E-state index contributed by atoms with van der Waals surface area (Å²) in [5, 5.41) is -0.468. The molecule has 0 unspecified atom stereocenters. The summed E-state index contributed by atoms with van der Waals surface area (Å²) in [7, 11) is 1.28. The molecule has 162 valence electrons. The maximum atomic E-state index is 12.7. The Labute approximate surface area is 180 Å². The van der Waals surface area contributed by atoms with Gasteiger partial charge in [0.05, 0.1) is 12.0 Å². The number of esters is 1. The van der Waals surface area contributed by atoms with Crippen LogP contribution in [0.1, 0.15) is 33.3 Å². The van der Waals surface area contributed by atoms with E-state index >= 15 is 0 Å². The number of thioether (sulfide) groups is 1. The van der Waals surface area contributed by atoms with Gasteiger partial charge in [-0.3, -0.25) is 19.3 Å². The molecule has 1 aliphatic rings. The van der Waals surface area contributed by atoms with Gasteiger partial charge in [-0.05, 0) is 63.2 Å². The third-order valence-corrected chi connectivity index (χ3v) is 5.24. The van der Waals surface area contributed by atoms with Gasteiger partial charge < -0.3 is 14.4 Å². The highest BCUT2D eigenvalue weighted by Crippen LogP contribution is 2.32. The standard InChI is InChI=1S/C21H26N2O6S/c1-13(2)23(14(3)4)18(24)11-22-20(26)17(30-21(22)27)10-15-6-8-16(9-7-15)29-12-19(25)28-5/h6-10,13-14H,11-12H2,1-5H3/b17-10-. The molecule has 30 heavy (non-hydrogen) atoms. The Balaban J connectivity index is 2.07. The molecular formula is C21H26N2O6S. The van der Waals surface area contributed by atoms with Crippen molar-refractivity contribution in [3.05, 3.63) is 34.7 Å². The van der Waals surface area contributed by atoms with Crippen LogP contribution >= 0.6 is 11.8 Å². The molecule has 2 rings (SSSR count). The fourth-order valence-electron chi connectivity index (χ4n) is 3.04. The van der Waals surface area contributed by atoms with Gasteiger partial charge in [-0.2, -0.15) is 0 Å². The van der Waals surface area contributed by atoms with Gasteiger partial charge in [0.25, 0.3) is 11.1 Å². The highest BCUT2D eigenvalue weighted by atomic mass is 32.2. The summed E-state index contributed by atoms with van der Waals surface area (Å²) < 4.78 is 9.78. The lowest BCUT2D eigenvalue weighted by molar-refractivity contribution is -0.143. The first kappa shape index (κ1) is 23.5. The van der Waals surface area contributed by atoms with Gasteiger partial charge in [0.2, 0.25) is 5.91 Å². The average molecular weight is 435 g/mol. The number of hydrogen-bond acceptors (Lipinski definition) is 7. The van der Waals surface area contributed by atoms with Crippen LogP contribution in [0, 0.1) is 0 Å². The zero-order valence-corrected chi connectivity index (χ0v) is 18.5. The molecule has 1 fully saturated rings. The van der Waals surface area contributed by atoms with Gasteiger partial charge in [-0.25, -0.2) is 4.79 Å². The van der Waals surface area contributed by atoms with Crippen molar-refractivity contribution in [1.82, 2.24) is 9.80 Å². The highest BCUT2D eigenvalue weighted by molar-refractivity contribution is 8.18. The lowest BCUT2D eigenvalue weighted by Crippen LogP contribution is -2.48. The summed E-state index contributed by atoms with van der Waals surface area (Å²) in [5.41, 5.74) is 0.684. The number of methoxy groups -OCH3 is 1. The van der Waals surface area contributed by atoms with E-state index in [0.29, 0.717) is 11.3 Å². The number of benzene rings is 1.